The smallest absolute Gasteiger partial charge is 0.235 e. The van der Waals surface area contributed by atoms with Gasteiger partial charge in [-0.2, -0.15) is 0 Å². The lowest BCUT2D eigenvalue weighted by atomic mass is 10.1. The van der Waals surface area contributed by atoms with Gasteiger partial charge < -0.3 is 19.6 Å². The Balaban J connectivity index is 1.86. The molecule has 4 aromatic rings. The Morgan fingerprint density at radius 2 is 1.94 bits per heavy atom. The third-order valence-corrected chi connectivity index (χ3v) is 4.57. The molecule has 0 amide bonds. The number of benzene rings is 2. The molecule has 0 atom stereocenters. The number of hydrogen-bond donors (Lipinski definition) is 1. The van der Waals surface area contributed by atoms with Crippen molar-refractivity contribution in [2.75, 3.05) is 7.11 Å². The summed E-state index contributed by atoms with van der Waals surface area (Å²) in [5.74, 6) is 1.26. The lowest BCUT2D eigenvalue weighted by Crippen LogP contribution is -2.10. The van der Waals surface area contributed by atoms with Gasteiger partial charge in [0, 0.05) is 17.8 Å². The first kappa shape index (κ1) is 20.2. The SMILES string of the molecule is COc1ccc(-c2oc3ccc(N=C(C)N)cc3c(=O)c2OCc2ccccc2)cn1. The summed E-state index contributed by atoms with van der Waals surface area (Å²) in [5, 5.41) is 0.357. The highest BCUT2D eigenvalue weighted by atomic mass is 16.5. The van der Waals surface area contributed by atoms with Crippen LogP contribution in [0.3, 0.4) is 0 Å². The van der Waals surface area contributed by atoms with Crippen molar-refractivity contribution in [3.63, 3.8) is 0 Å². The van der Waals surface area contributed by atoms with Gasteiger partial charge in [0.05, 0.1) is 24.0 Å². The lowest BCUT2D eigenvalue weighted by molar-refractivity contribution is 0.298. The predicted molar refractivity (Wildman–Crippen MR) is 120 cm³/mol. The summed E-state index contributed by atoms with van der Waals surface area (Å²) in [6.07, 6.45) is 1.58. The molecule has 7 heteroatoms. The molecule has 0 saturated heterocycles. The molecular weight excluding hydrogens is 394 g/mol. The van der Waals surface area contributed by atoms with Gasteiger partial charge in [0.15, 0.2) is 5.76 Å². The van der Waals surface area contributed by atoms with Crippen LogP contribution >= 0.6 is 0 Å². The van der Waals surface area contributed by atoms with Crippen LogP contribution in [0.15, 0.2) is 81.1 Å². The lowest BCUT2D eigenvalue weighted by Gasteiger charge is -2.12. The summed E-state index contributed by atoms with van der Waals surface area (Å²) in [6.45, 7) is 1.90. The van der Waals surface area contributed by atoms with Crippen LogP contribution in [-0.2, 0) is 6.61 Å². The van der Waals surface area contributed by atoms with Crippen molar-refractivity contribution >= 4 is 22.5 Å². The molecule has 4 rings (SSSR count). The quantitative estimate of drug-likeness (QED) is 0.369. The van der Waals surface area contributed by atoms with E-state index in [-0.39, 0.29) is 17.8 Å². The van der Waals surface area contributed by atoms with Gasteiger partial charge in [-0.15, -0.1) is 0 Å². The van der Waals surface area contributed by atoms with E-state index in [2.05, 4.69) is 9.98 Å². The number of pyridine rings is 1. The van der Waals surface area contributed by atoms with Crippen LogP contribution in [0.2, 0.25) is 0 Å². The molecule has 0 spiro atoms. The van der Waals surface area contributed by atoms with E-state index in [1.807, 2.05) is 30.3 Å². The van der Waals surface area contributed by atoms with Gasteiger partial charge in [-0.25, -0.2) is 9.98 Å². The zero-order valence-corrected chi connectivity index (χ0v) is 17.2. The second-order valence-corrected chi connectivity index (χ2v) is 6.89. The molecule has 0 aliphatic rings. The van der Waals surface area contributed by atoms with E-state index in [9.17, 15) is 4.79 Å². The second kappa shape index (κ2) is 8.71. The number of amidine groups is 1. The van der Waals surface area contributed by atoms with Crippen LogP contribution in [0.5, 0.6) is 11.6 Å². The van der Waals surface area contributed by atoms with Crippen molar-refractivity contribution in [2.45, 2.75) is 13.5 Å². The van der Waals surface area contributed by atoms with Gasteiger partial charge in [-0.1, -0.05) is 30.3 Å². The van der Waals surface area contributed by atoms with Crippen LogP contribution in [-0.4, -0.2) is 17.9 Å². The zero-order valence-electron chi connectivity index (χ0n) is 17.2. The third-order valence-electron chi connectivity index (χ3n) is 4.57. The molecule has 0 aliphatic carbocycles. The predicted octanol–water partition coefficient (Wildman–Crippen LogP) is 4.45. The van der Waals surface area contributed by atoms with Gasteiger partial charge >= 0.3 is 0 Å². The normalized spacial score (nSPS) is 11.5. The topological polar surface area (TPSA) is 99.9 Å². The molecule has 31 heavy (non-hydrogen) atoms. The molecule has 0 unspecified atom stereocenters. The van der Waals surface area contributed by atoms with E-state index in [1.54, 1.807) is 43.5 Å². The minimum Gasteiger partial charge on any atom is -0.481 e. The number of aromatic nitrogens is 1. The molecule has 0 saturated carbocycles. The van der Waals surface area contributed by atoms with Crippen molar-refractivity contribution in [1.29, 1.82) is 0 Å². The first-order chi connectivity index (χ1) is 15.0. The number of nitrogens with zero attached hydrogens (tertiary/aromatic N) is 2. The van der Waals surface area contributed by atoms with E-state index < -0.39 is 0 Å². The molecule has 7 nitrogen and oxygen atoms in total. The van der Waals surface area contributed by atoms with Crippen molar-refractivity contribution in [3.05, 3.63) is 82.6 Å². The summed E-state index contributed by atoms with van der Waals surface area (Å²) in [5.41, 5.74) is 7.89. The molecule has 0 bridgehead atoms. The van der Waals surface area contributed by atoms with Crippen molar-refractivity contribution < 1.29 is 13.9 Å². The summed E-state index contributed by atoms with van der Waals surface area (Å²) in [7, 11) is 1.54. The maximum absolute atomic E-state index is 13.4. The summed E-state index contributed by atoms with van der Waals surface area (Å²) < 4.78 is 17.2. The van der Waals surface area contributed by atoms with Crippen LogP contribution < -0.4 is 20.6 Å². The number of aliphatic imine (C=N–C) groups is 1. The summed E-state index contributed by atoms with van der Waals surface area (Å²) in [4.78, 5) is 21.8. The molecule has 0 radical (unpaired) electrons. The summed E-state index contributed by atoms with van der Waals surface area (Å²) >= 11 is 0. The molecule has 156 valence electrons. The standard InChI is InChI=1S/C24H21N3O4/c1-15(25)27-18-9-10-20-19(12-18)22(28)24(30-14-16-6-4-3-5-7-16)23(31-20)17-8-11-21(29-2)26-13-17/h3-13H,14H2,1-2H3,(H2,25,27). The Kier molecular flexibility index (Phi) is 5.66. The molecule has 2 heterocycles. The second-order valence-electron chi connectivity index (χ2n) is 6.89. The highest BCUT2D eigenvalue weighted by molar-refractivity contribution is 5.86. The fourth-order valence-corrected chi connectivity index (χ4v) is 3.13. The first-order valence-electron chi connectivity index (χ1n) is 9.64. The number of fused-ring (bicyclic) bond motifs is 1. The highest BCUT2D eigenvalue weighted by Crippen LogP contribution is 2.32. The molecule has 2 aromatic carbocycles. The van der Waals surface area contributed by atoms with Crippen LogP contribution in [0.25, 0.3) is 22.3 Å². The monoisotopic (exact) mass is 415 g/mol. The molecule has 0 fully saturated rings. The minimum atomic E-state index is -0.297. The van der Waals surface area contributed by atoms with E-state index in [1.165, 1.54) is 7.11 Å². The number of methoxy groups -OCH3 is 1. The van der Waals surface area contributed by atoms with Crippen LogP contribution in [0.1, 0.15) is 12.5 Å². The Morgan fingerprint density at radius 3 is 2.61 bits per heavy atom. The fourth-order valence-electron chi connectivity index (χ4n) is 3.13. The fraction of sp³-hybridized carbons (Fsp3) is 0.125. The average molecular weight is 415 g/mol. The number of ether oxygens (including phenoxy) is 2. The molecule has 2 aromatic heterocycles. The number of hydrogen-bond acceptors (Lipinski definition) is 6. The summed E-state index contributed by atoms with van der Waals surface area (Å²) in [6, 6.07) is 18.1. The maximum atomic E-state index is 13.4. The Morgan fingerprint density at radius 1 is 1.13 bits per heavy atom. The Bertz CT molecular complexity index is 1290. The van der Waals surface area contributed by atoms with Crippen LogP contribution in [0.4, 0.5) is 5.69 Å². The molecular formula is C24H21N3O4. The number of rotatable bonds is 6. The largest absolute Gasteiger partial charge is 0.481 e. The van der Waals surface area contributed by atoms with E-state index >= 15 is 0 Å². The van der Waals surface area contributed by atoms with Gasteiger partial charge in [-0.3, -0.25) is 4.79 Å². The van der Waals surface area contributed by atoms with Crippen molar-refractivity contribution in [1.82, 2.24) is 4.98 Å². The molecule has 0 aliphatic heterocycles. The number of nitrogens with two attached hydrogens (primary N) is 1. The first-order valence-corrected chi connectivity index (χ1v) is 9.64. The van der Waals surface area contributed by atoms with E-state index in [0.29, 0.717) is 39.7 Å². The zero-order chi connectivity index (χ0) is 21.8. The van der Waals surface area contributed by atoms with E-state index in [0.717, 1.165) is 5.56 Å². The Hall–Kier alpha value is -4.13. The van der Waals surface area contributed by atoms with Gasteiger partial charge in [0.1, 0.15) is 12.2 Å². The maximum Gasteiger partial charge on any atom is 0.235 e. The van der Waals surface area contributed by atoms with Gasteiger partial charge in [0.25, 0.3) is 0 Å². The van der Waals surface area contributed by atoms with Crippen molar-refractivity contribution in [3.8, 4) is 23.0 Å². The third kappa shape index (κ3) is 4.40. The van der Waals surface area contributed by atoms with Gasteiger partial charge in [-0.05, 0) is 36.8 Å². The highest BCUT2D eigenvalue weighted by Gasteiger charge is 2.19. The average Bonchev–Trinajstić information content (AvgIpc) is 2.79. The minimum absolute atomic E-state index is 0.105. The molecule has 2 N–H and O–H groups in total. The van der Waals surface area contributed by atoms with Gasteiger partial charge in [0.2, 0.25) is 17.1 Å². The van der Waals surface area contributed by atoms with Crippen molar-refractivity contribution in [2.24, 2.45) is 10.7 Å². The van der Waals surface area contributed by atoms with E-state index in [4.69, 9.17) is 19.6 Å². The van der Waals surface area contributed by atoms with Crippen LogP contribution in [0, 0.1) is 0 Å². The Labute approximate surface area is 178 Å².